The molecule has 2 rings (SSSR count). The first-order valence-electron chi connectivity index (χ1n) is 5.78. The molecule has 3 heteroatoms. The molecule has 0 amide bonds. The van der Waals surface area contributed by atoms with Crippen LogP contribution in [0.3, 0.4) is 0 Å². The summed E-state index contributed by atoms with van der Waals surface area (Å²) in [7, 11) is 0. The average molecular weight is 237 g/mol. The van der Waals surface area contributed by atoms with Crippen molar-refractivity contribution in [2.75, 3.05) is 12.8 Å². The number of hydrogen-bond donors (Lipinski definition) is 0. The fourth-order valence-electron chi connectivity index (χ4n) is 2.34. The van der Waals surface area contributed by atoms with E-state index in [2.05, 4.69) is 32.0 Å². The van der Waals surface area contributed by atoms with Crippen molar-refractivity contribution in [2.24, 2.45) is 0 Å². The van der Waals surface area contributed by atoms with E-state index in [1.807, 2.05) is 4.31 Å². The Labute approximate surface area is 101 Å². The Morgan fingerprint density at radius 3 is 2.75 bits per heavy atom. The van der Waals surface area contributed by atoms with Gasteiger partial charge in [-0.25, -0.2) is 0 Å². The van der Waals surface area contributed by atoms with Gasteiger partial charge in [0.05, 0.1) is 6.54 Å². The summed E-state index contributed by atoms with van der Waals surface area (Å²) in [5.74, 6) is 0.542. The van der Waals surface area contributed by atoms with Gasteiger partial charge in [-0.05, 0) is 29.0 Å². The molecule has 88 valence electrons. The molecular formula is C13H19NOS. The monoisotopic (exact) mass is 237 g/mol. The molecule has 2 nitrogen and oxygen atoms in total. The number of nitrogens with zero attached hydrogens (tertiary/aromatic N) is 1. The van der Waals surface area contributed by atoms with Crippen molar-refractivity contribution in [1.29, 1.82) is 0 Å². The molecule has 1 aliphatic heterocycles. The Hall–Kier alpha value is -0.510. The van der Waals surface area contributed by atoms with Crippen LogP contribution in [-0.2, 0) is 24.3 Å². The predicted molar refractivity (Wildman–Crippen MR) is 68.7 cm³/mol. The highest BCUT2D eigenvalue weighted by Gasteiger charge is 2.24. The highest BCUT2D eigenvalue weighted by molar-refractivity contribution is 7.88. The lowest BCUT2D eigenvalue weighted by atomic mass is 9.90. The molecule has 1 atom stereocenters. The summed E-state index contributed by atoms with van der Waals surface area (Å²) in [6, 6.07) is 6.55. The predicted octanol–water partition coefficient (Wildman–Crippen LogP) is 2.46. The van der Waals surface area contributed by atoms with Gasteiger partial charge >= 0.3 is 0 Å². The molecule has 0 bridgehead atoms. The van der Waals surface area contributed by atoms with Crippen molar-refractivity contribution in [3.05, 3.63) is 34.9 Å². The van der Waals surface area contributed by atoms with E-state index in [1.54, 1.807) is 6.26 Å². The molecule has 0 aromatic heterocycles. The fraction of sp³-hybridized carbons (Fsp3) is 0.538. The van der Waals surface area contributed by atoms with Crippen molar-refractivity contribution < 1.29 is 4.55 Å². The van der Waals surface area contributed by atoms with Gasteiger partial charge in [-0.1, -0.05) is 32.0 Å². The Bertz CT molecular complexity index is 376. The van der Waals surface area contributed by atoms with Crippen LogP contribution in [-0.4, -0.2) is 21.7 Å². The van der Waals surface area contributed by atoms with E-state index in [0.717, 1.165) is 19.5 Å². The standard InChI is InChI=1S/C13H19NOS/c1-10(2)12-6-4-5-11-7-8-14(16(3)15)9-13(11)12/h4-6,10H,7-9H2,1-3H3. The molecule has 0 aliphatic carbocycles. The van der Waals surface area contributed by atoms with Crippen molar-refractivity contribution in [1.82, 2.24) is 4.31 Å². The van der Waals surface area contributed by atoms with Crippen LogP contribution in [0.2, 0.25) is 0 Å². The first-order chi connectivity index (χ1) is 7.59. The first kappa shape index (κ1) is 12.0. The molecule has 0 saturated heterocycles. The number of rotatable bonds is 2. The zero-order chi connectivity index (χ0) is 11.7. The minimum absolute atomic E-state index is 0.542. The van der Waals surface area contributed by atoms with Crippen molar-refractivity contribution in [2.45, 2.75) is 32.7 Å². The van der Waals surface area contributed by atoms with Crippen molar-refractivity contribution >= 4 is 11.4 Å². The van der Waals surface area contributed by atoms with Crippen molar-refractivity contribution in [3.63, 3.8) is 0 Å². The minimum Gasteiger partial charge on any atom is -0.598 e. The number of hydrogen-bond acceptors (Lipinski definition) is 2. The van der Waals surface area contributed by atoms with Crippen molar-refractivity contribution in [3.8, 4) is 0 Å². The topological polar surface area (TPSA) is 26.3 Å². The minimum atomic E-state index is -0.847. The molecule has 0 fully saturated rings. The lowest BCUT2D eigenvalue weighted by Gasteiger charge is -2.29. The lowest BCUT2D eigenvalue weighted by molar-refractivity contribution is 0.392. The van der Waals surface area contributed by atoms with E-state index in [9.17, 15) is 4.55 Å². The molecule has 0 saturated carbocycles. The molecule has 0 spiro atoms. The second-order valence-electron chi connectivity index (χ2n) is 4.68. The Morgan fingerprint density at radius 2 is 2.12 bits per heavy atom. The zero-order valence-corrected chi connectivity index (χ0v) is 11.0. The smallest absolute Gasteiger partial charge is 0.115 e. The highest BCUT2D eigenvalue weighted by Crippen LogP contribution is 2.28. The maximum Gasteiger partial charge on any atom is 0.115 e. The molecule has 0 N–H and O–H groups in total. The van der Waals surface area contributed by atoms with Gasteiger partial charge in [0.25, 0.3) is 0 Å². The molecule has 16 heavy (non-hydrogen) atoms. The second kappa shape index (κ2) is 4.78. The molecule has 1 aromatic rings. The van der Waals surface area contributed by atoms with Gasteiger partial charge in [-0.2, -0.15) is 0 Å². The molecule has 1 aromatic carbocycles. The van der Waals surface area contributed by atoms with Crippen LogP contribution < -0.4 is 0 Å². The maximum atomic E-state index is 11.5. The number of fused-ring (bicyclic) bond motifs is 1. The molecular weight excluding hydrogens is 218 g/mol. The lowest BCUT2D eigenvalue weighted by Crippen LogP contribution is -2.35. The van der Waals surface area contributed by atoms with Crippen LogP contribution in [0.4, 0.5) is 0 Å². The van der Waals surface area contributed by atoms with Gasteiger partial charge in [0.1, 0.15) is 6.26 Å². The zero-order valence-electron chi connectivity index (χ0n) is 10.2. The summed E-state index contributed by atoms with van der Waals surface area (Å²) in [5, 5.41) is 0. The third-order valence-electron chi connectivity index (χ3n) is 3.26. The van der Waals surface area contributed by atoms with Gasteiger partial charge in [-0.15, -0.1) is 4.31 Å². The molecule has 0 radical (unpaired) electrons. The fourth-order valence-corrected chi connectivity index (χ4v) is 3.00. The van der Waals surface area contributed by atoms with E-state index >= 15 is 0 Å². The van der Waals surface area contributed by atoms with Gasteiger partial charge in [0.2, 0.25) is 0 Å². The first-order valence-corrected chi connectivity index (χ1v) is 7.30. The normalized spacial score (nSPS) is 18.6. The van der Waals surface area contributed by atoms with Gasteiger partial charge < -0.3 is 4.55 Å². The van der Waals surface area contributed by atoms with Crippen LogP contribution in [0.25, 0.3) is 0 Å². The molecule has 1 unspecified atom stereocenters. The Balaban J connectivity index is 2.34. The summed E-state index contributed by atoms with van der Waals surface area (Å²) >= 11 is -0.847. The summed E-state index contributed by atoms with van der Waals surface area (Å²) < 4.78 is 13.6. The largest absolute Gasteiger partial charge is 0.598 e. The Morgan fingerprint density at radius 1 is 1.38 bits per heavy atom. The van der Waals surface area contributed by atoms with E-state index < -0.39 is 11.4 Å². The second-order valence-corrected chi connectivity index (χ2v) is 6.04. The van der Waals surface area contributed by atoms with Crippen LogP contribution >= 0.6 is 0 Å². The summed E-state index contributed by atoms with van der Waals surface area (Å²) in [4.78, 5) is 0. The Kier molecular flexibility index (Phi) is 3.57. The van der Waals surface area contributed by atoms with E-state index in [4.69, 9.17) is 0 Å². The highest BCUT2D eigenvalue weighted by atomic mass is 32.2. The summed E-state index contributed by atoms with van der Waals surface area (Å²) in [6.07, 6.45) is 2.79. The quantitative estimate of drug-likeness (QED) is 0.739. The maximum absolute atomic E-state index is 11.5. The summed E-state index contributed by atoms with van der Waals surface area (Å²) in [6.45, 7) is 6.19. The van der Waals surface area contributed by atoms with Gasteiger partial charge in [-0.3, -0.25) is 0 Å². The van der Waals surface area contributed by atoms with Crippen LogP contribution in [0.1, 0.15) is 36.5 Å². The third-order valence-corrected chi connectivity index (χ3v) is 4.30. The van der Waals surface area contributed by atoms with Crippen LogP contribution in [0.15, 0.2) is 18.2 Å². The summed E-state index contributed by atoms with van der Waals surface area (Å²) in [5.41, 5.74) is 4.25. The third kappa shape index (κ3) is 2.26. The van der Waals surface area contributed by atoms with Gasteiger partial charge in [0, 0.05) is 17.9 Å². The van der Waals surface area contributed by atoms with Crippen LogP contribution in [0.5, 0.6) is 0 Å². The number of benzene rings is 1. The molecule has 1 heterocycles. The van der Waals surface area contributed by atoms with Crippen LogP contribution in [0, 0.1) is 0 Å². The van der Waals surface area contributed by atoms with E-state index in [1.165, 1.54) is 16.7 Å². The SMILES string of the molecule is CC(C)c1cccc2c1CN([S+](C)[O-])CC2. The van der Waals surface area contributed by atoms with Gasteiger partial charge in [0.15, 0.2) is 0 Å². The average Bonchev–Trinajstić information content (AvgIpc) is 2.27. The van der Waals surface area contributed by atoms with E-state index in [-0.39, 0.29) is 0 Å². The molecule has 1 aliphatic rings. The van der Waals surface area contributed by atoms with E-state index in [0.29, 0.717) is 5.92 Å².